The van der Waals surface area contributed by atoms with Crippen molar-refractivity contribution in [3.05, 3.63) is 53.3 Å². The third kappa shape index (κ3) is 5.65. The molecule has 28 heavy (non-hydrogen) atoms. The molecule has 7 nitrogen and oxygen atoms in total. The number of carbonyl (C=O) groups is 1. The van der Waals surface area contributed by atoms with Crippen molar-refractivity contribution in [3.63, 3.8) is 0 Å². The standard InChI is InChI=1S/C20H28N4O3S/c1-16-11-17(2)24(22-16)14-20(25)23-10-6-9-19(13-23)12-21-28(26,27)15-18-7-4-3-5-8-18/h3-5,7-8,11,19,21H,6,9-10,12-15H2,1-2H3. The van der Waals surface area contributed by atoms with Gasteiger partial charge in [0.15, 0.2) is 0 Å². The lowest BCUT2D eigenvalue weighted by molar-refractivity contribution is -0.133. The molecule has 1 aliphatic rings. The minimum atomic E-state index is -3.39. The normalized spacial score (nSPS) is 17.6. The summed E-state index contributed by atoms with van der Waals surface area (Å²) in [5, 5.41) is 4.35. The molecular weight excluding hydrogens is 376 g/mol. The molecule has 2 aromatic rings. The number of aryl methyl sites for hydroxylation is 2. The smallest absolute Gasteiger partial charge is 0.244 e. The molecule has 1 unspecified atom stereocenters. The van der Waals surface area contributed by atoms with Gasteiger partial charge in [-0.2, -0.15) is 5.10 Å². The average molecular weight is 405 g/mol. The van der Waals surface area contributed by atoms with Crippen molar-refractivity contribution in [2.75, 3.05) is 19.6 Å². The SMILES string of the molecule is Cc1cc(C)n(CC(=O)N2CCCC(CNS(=O)(=O)Cc3ccccc3)C2)n1. The van der Waals surface area contributed by atoms with E-state index in [-0.39, 0.29) is 24.1 Å². The van der Waals surface area contributed by atoms with Crippen LogP contribution in [0.5, 0.6) is 0 Å². The molecule has 1 saturated heterocycles. The first kappa shape index (κ1) is 20.5. The van der Waals surface area contributed by atoms with Crippen molar-refractivity contribution in [3.8, 4) is 0 Å². The van der Waals surface area contributed by atoms with Crippen molar-refractivity contribution in [2.45, 2.75) is 39.0 Å². The van der Waals surface area contributed by atoms with Crippen molar-refractivity contribution < 1.29 is 13.2 Å². The average Bonchev–Trinajstić information content (AvgIpc) is 2.98. The Kier molecular flexibility index (Phi) is 6.51. The largest absolute Gasteiger partial charge is 0.341 e. The van der Waals surface area contributed by atoms with Gasteiger partial charge >= 0.3 is 0 Å². The van der Waals surface area contributed by atoms with E-state index in [0.29, 0.717) is 19.6 Å². The van der Waals surface area contributed by atoms with Crippen LogP contribution in [0, 0.1) is 19.8 Å². The number of carbonyl (C=O) groups excluding carboxylic acids is 1. The van der Waals surface area contributed by atoms with E-state index < -0.39 is 10.0 Å². The van der Waals surface area contributed by atoms with E-state index in [1.165, 1.54) is 0 Å². The van der Waals surface area contributed by atoms with Crippen LogP contribution < -0.4 is 4.72 Å². The van der Waals surface area contributed by atoms with Crippen LogP contribution >= 0.6 is 0 Å². The maximum atomic E-state index is 12.6. The van der Waals surface area contributed by atoms with Crippen LogP contribution in [-0.2, 0) is 27.1 Å². The zero-order valence-electron chi connectivity index (χ0n) is 16.5. The molecule has 1 N–H and O–H groups in total. The molecule has 1 atom stereocenters. The molecule has 1 fully saturated rings. The molecule has 1 aromatic heterocycles. The number of nitrogens with one attached hydrogen (secondary N) is 1. The zero-order chi connectivity index (χ0) is 20.1. The maximum absolute atomic E-state index is 12.6. The van der Waals surface area contributed by atoms with Crippen LogP contribution in [0.1, 0.15) is 29.8 Å². The Bertz CT molecular complexity index is 909. The van der Waals surface area contributed by atoms with E-state index in [2.05, 4.69) is 9.82 Å². The highest BCUT2D eigenvalue weighted by molar-refractivity contribution is 7.88. The van der Waals surface area contributed by atoms with E-state index in [4.69, 9.17) is 0 Å². The predicted octanol–water partition coefficient (Wildman–Crippen LogP) is 1.86. The van der Waals surface area contributed by atoms with E-state index in [9.17, 15) is 13.2 Å². The van der Waals surface area contributed by atoms with Gasteiger partial charge in [-0.15, -0.1) is 0 Å². The fourth-order valence-corrected chi connectivity index (χ4v) is 4.83. The number of sulfonamides is 1. The Balaban J connectivity index is 1.51. The molecule has 2 heterocycles. The van der Waals surface area contributed by atoms with Gasteiger partial charge in [-0.3, -0.25) is 9.48 Å². The fourth-order valence-electron chi connectivity index (χ4n) is 3.61. The molecule has 0 saturated carbocycles. The first-order valence-electron chi connectivity index (χ1n) is 9.62. The third-order valence-electron chi connectivity index (χ3n) is 5.05. The van der Waals surface area contributed by atoms with E-state index in [1.54, 1.807) is 16.8 Å². The molecule has 1 aliphatic heterocycles. The second kappa shape index (κ2) is 8.87. The number of amides is 1. The monoisotopic (exact) mass is 404 g/mol. The molecule has 152 valence electrons. The van der Waals surface area contributed by atoms with Crippen LogP contribution in [0.15, 0.2) is 36.4 Å². The summed E-state index contributed by atoms with van der Waals surface area (Å²) in [5.41, 5.74) is 2.63. The van der Waals surface area contributed by atoms with Crippen LogP contribution in [-0.4, -0.2) is 48.6 Å². The van der Waals surface area contributed by atoms with Gasteiger partial charge in [-0.05, 0) is 44.2 Å². The number of benzene rings is 1. The highest BCUT2D eigenvalue weighted by Crippen LogP contribution is 2.17. The van der Waals surface area contributed by atoms with Crippen molar-refractivity contribution in [1.82, 2.24) is 19.4 Å². The quantitative estimate of drug-likeness (QED) is 0.763. The van der Waals surface area contributed by atoms with Gasteiger partial charge in [-0.1, -0.05) is 30.3 Å². The highest BCUT2D eigenvalue weighted by Gasteiger charge is 2.25. The van der Waals surface area contributed by atoms with Crippen LogP contribution in [0.4, 0.5) is 0 Å². The Morgan fingerprint density at radius 1 is 1.25 bits per heavy atom. The van der Waals surface area contributed by atoms with Crippen molar-refractivity contribution in [2.24, 2.45) is 5.92 Å². The summed E-state index contributed by atoms with van der Waals surface area (Å²) in [6, 6.07) is 11.1. The highest BCUT2D eigenvalue weighted by atomic mass is 32.2. The molecule has 1 aromatic carbocycles. The third-order valence-corrected chi connectivity index (χ3v) is 6.37. The topological polar surface area (TPSA) is 84.3 Å². The van der Waals surface area contributed by atoms with Gasteiger partial charge < -0.3 is 4.90 Å². The van der Waals surface area contributed by atoms with Gasteiger partial charge in [0.05, 0.1) is 11.4 Å². The summed E-state index contributed by atoms with van der Waals surface area (Å²) in [4.78, 5) is 14.5. The van der Waals surface area contributed by atoms with Crippen molar-refractivity contribution in [1.29, 1.82) is 0 Å². The Morgan fingerprint density at radius 2 is 2.00 bits per heavy atom. The summed E-state index contributed by atoms with van der Waals surface area (Å²) in [6.07, 6.45) is 1.80. The summed E-state index contributed by atoms with van der Waals surface area (Å²) in [5.74, 6) is 0.132. The number of likely N-dealkylation sites (tertiary alicyclic amines) is 1. The van der Waals surface area contributed by atoms with Gasteiger partial charge in [0.2, 0.25) is 15.9 Å². The van der Waals surface area contributed by atoms with E-state index >= 15 is 0 Å². The lowest BCUT2D eigenvalue weighted by atomic mass is 9.98. The van der Waals surface area contributed by atoms with Crippen LogP contribution in [0.3, 0.4) is 0 Å². The first-order valence-corrected chi connectivity index (χ1v) is 11.3. The van der Waals surface area contributed by atoms with Crippen LogP contribution in [0.2, 0.25) is 0 Å². The number of nitrogens with zero attached hydrogens (tertiary/aromatic N) is 3. The van der Waals surface area contributed by atoms with Crippen molar-refractivity contribution >= 4 is 15.9 Å². The molecule has 1 amide bonds. The number of hydrogen-bond acceptors (Lipinski definition) is 4. The minimum Gasteiger partial charge on any atom is -0.341 e. The molecule has 0 radical (unpaired) electrons. The van der Waals surface area contributed by atoms with Gasteiger partial charge in [-0.25, -0.2) is 13.1 Å². The minimum absolute atomic E-state index is 0.0267. The van der Waals surface area contributed by atoms with E-state index in [1.807, 2.05) is 43.0 Å². The maximum Gasteiger partial charge on any atom is 0.244 e. The second-order valence-electron chi connectivity index (χ2n) is 7.53. The predicted molar refractivity (Wildman–Crippen MR) is 108 cm³/mol. The zero-order valence-corrected chi connectivity index (χ0v) is 17.3. The summed E-state index contributed by atoms with van der Waals surface area (Å²) in [6.45, 7) is 5.72. The summed E-state index contributed by atoms with van der Waals surface area (Å²) in [7, 11) is -3.39. The Morgan fingerprint density at radius 3 is 2.68 bits per heavy atom. The Hall–Kier alpha value is -2.19. The second-order valence-corrected chi connectivity index (χ2v) is 9.33. The lowest BCUT2D eigenvalue weighted by Gasteiger charge is -2.33. The molecule has 0 bridgehead atoms. The number of rotatable bonds is 7. The molecule has 3 rings (SSSR count). The molecular formula is C20H28N4O3S. The molecule has 0 spiro atoms. The molecule has 0 aliphatic carbocycles. The van der Waals surface area contributed by atoms with Gasteiger partial charge in [0, 0.05) is 25.3 Å². The summed E-state index contributed by atoms with van der Waals surface area (Å²) < 4.78 is 29.1. The number of piperidine rings is 1. The lowest BCUT2D eigenvalue weighted by Crippen LogP contribution is -2.45. The van der Waals surface area contributed by atoms with Gasteiger partial charge in [0.25, 0.3) is 0 Å². The number of aromatic nitrogens is 2. The summed E-state index contributed by atoms with van der Waals surface area (Å²) >= 11 is 0. The Labute approximate surface area is 166 Å². The van der Waals surface area contributed by atoms with Gasteiger partial charge in [0.1, 0.15) is 6.54 Å². The van der Waals surface area contributed by atoms with Crippen LogP contribution in [0.25, 0.3) is 0 Å². The fraction of sp³-hybridized carbons (Fsp3) is 0.500. The van der Waals surface area contributed by atoms with E-state index in [0.717, 1.165) is 29.8 Å². The first-order chi connectivity index (χ1) is 13.3. The molecule has 8 heteroatoms. The number of hydrogen-bond donors (Lipinski definition) is 1.